The zero-order chi connectivity index (χ0) is 16.2. The van der Waals surface area contributed by atoms with Crippen LogP contribution in [0.1, 0.15) is 0 Å². The molecule has 22 heavy (non-hydrogen) atoms. The van der Waals surface area contributed by atoms with Crippen LogP contribution in [0.3, 0.4) is 0 Å². The van der Waals surface area contributed by atoms with Gasteiger partial charge in [-0.25, -0.2) is 12.8 Å². The molecule has 0 bridgehead atoms. The van der Waals surface area contributed by atoms with Crippen molar-refractivity contribution in [3.05, 3.63) is 67.0 Å². The number of sulfonamides is 1. The first-order valence-electron chi connectivity index (χ1n) is 6.53. The van der Waals surface area contributed by atoms with Crippen molar-refractivity contribution in [3.8, 4) is 0 Å². The van der Waals surface area contributed by atoms with Crippen molar-refractivity contribution in [2.24, 2.45) is 0 Å². The van der Waals surface area contributed by atoms with Crippen LogP contribution in [-0.2, 0) is 10.0 Å². The Morgan fingerprint density at radius 1 is 1.18 bits per heavy atom. The van der Waals surface area contributed by atoms with E-state index in [-0.39, 0.29) is 17.1 Å². The van der Waals surface area contributed by atoms with Gasteiger partial charge >= 0.3 is 0 Å². The van der Waals surface area contributed by atoms with E-state index in [1.807, 2.05) is 6.26 Å². The normalized spacial score (nSPS) is 11.2. The Morgan fingerprint density at radius 2 is 1.82 bits per heavy atom. The molecule has 2 rings (SSSR count). The highest BCUT2D eigenvalue weighted by atomic mass is 32.2. The van der Waals surface area contributed by atoms with Crippen molar-refractivity contribution < 1.29 is 12.8 Å². The number of thioether (sulfide) groups is 1. The van der Waals surface area contributed by atoms with E-state index in [2.05, 4.69) is 6.58 Å². The van der Waals surface area contributed by atoms with Gasteiger partial charge in [-0.2, -0.15) is 0 Å². The van der Waals surface area contributed by atoms with Crippen molar-refractivity contribution in [2.45, 2.75) is 9.79 Å². The minimum atomic E-state index is -3.85. The van der Waals surface area contributed by atoms with Crippen LogP contribution in [0.2, 0.25) is 0 Å². The fraction of sp³-hybridized carbons (Fsp3) is 0.125. The molecule has 0 saturated heterocycles. The second kappa shape index (κ2) is 6.98. The molecule has 0 aliphatic rings. The van der Waals surface area contributed by atoms with Crippen LogP contribution in [0.15, 0.2) is 71.0 Å². The molecule has 0 radical (unpaired) electrons. The maximum absolute atomic E-state index is 14.0. The van der Waals surface area contributed by atoms with Gasteiger partial charge in [0.2, 0.25) is 0 Å². The van der Waals surface area contributed by atoms with E-state index < -0.39 is 15.8 Å². The minimum Gasteiger partial charge on any atom is -0.260 e. The molecule has 0 aliphatic heterocycles. The maximum Gasteiger partial charge on any atom is 0.264 e. The summed E-state index contributed by atoms with van der Waals surface area (Å²) >= 11 is 1.52. The predicted octanol–water partition coefficient (Wildman–Crippen LogP) is 3.93. The molecular weight excluding hydrogens is 321 g/mol. The van der Waals surface area contributed by atoms with Crippen molar-refractivity contribution in [1.82, 2.24) is 0 Å². The molecule has 0 aromatic heterocycles. The molecule has 0 spiro atoms. The van der Waals surface area contributed by atoms with Crippen LogP contribution in [0.5, 0.6) is 0 Å². The molecule has 2 aromatic rings. The fourth-order valence-electron chi connectivity index (χ4n) is 1.97. The lowest BCUT2D eigenvalue weighted by atomic mass is 10.3. The Labute approximate surface area is 134 Å². The van der Waals surface area contributed by atoms with Gasteiger partial charge in [0.15, 0.2) is 0 Å². The van der Waals surface area contributed by atoms with Gasteiger partial charge in [0.05, 0.1) is 17.1 Å². The monoisotopic (exact) mass is 337 g/mol. The summed E-state index contributed by atoms with van der Waals surface area (Å²) in [5.41, 5.74) is 0.0105. The van der Waals surface area contributed by atoms with E-state index in [0.29, 0.717) is 0 Å². The van der Waals surface area contributed by atoms with Gasteiger partial charge in [-0.1, -0.05) is 18.2 Å². The van der Waals surface area contributed by atoms with Crippen LogP contribution >= 0.6 is 11.8 Å². The van der Waals surface area contributed by atoms with Crippen molar-refractivity contribution in [1.29, 1.82) is 0 Å². The number of benzene rings is 2. The summed E-state index contributed by atoms with van der Waals surface area (Å²) in [7, 11) is -3.85. The number of hydrogen-bond donors (Lipinski definition) is 0. The summed E-state index contributed by atoms with van der Waals surface area (Å²) in [6, 6.07) is 12.3. The van der Waals surface area contributed by atoms with Crippen molar-refractivity contribution >= 4 is 27.5 Å². The molecule has 0 N–H and O–H groups in total. The summed E-state index contributed by atoms with van der Waals surface area (Å²) in [6.45, 7) is 3.55. The second-order valence-electron chi connectivity index (χ2n) is 4.45. The lowest BCUT2D eigenvalue weighted by molar-refractivity contribution is 0.587. The zero-order valence-corrected chi connectivity index (χ0v) is 13.7. The number of para-hydroxylation sites is 1. The summed E-state index contributed by atoms with van der Waals surface area (Å²) in [5, 5.41) is 0. The highest BCUT2D eigenvalue weighted by Gasteiger charge is 2.25. The van der Waals surface area contributed by atoms with E-state index >= 15 is 0 Å². The lowest BCUT2D eigenvalue weighted by Gasteiger charge is -2.23. The first-order chi connectivity index (χ1) is 10.5. The van der Waals surface area contributed by atoms with Crippen LogP contribution in [0, 0.1) is 5.82 Å². The van der Waals surface area contributed by atoms with Gasteiger partial charge in [-0.05, 0) is 42.7 Å². The quantitative estimate of drug-likeness (QED) is 0.592. The standard InChI is InChI=1S/C16H16FNO2S2/c1-3-12-18(16-7-5-4-6-15(16)17)22(19,20)14-10-8-13(21-2)9-11-14/h3-11H,1,12H2,2H3. The Bertz CT molecular complexity index is 758. The molecule has 0 heterocycles. The molecular formula is C16H16FNO2S2. The van der Waals surface area contributed by atoms with Crippen LogP contribution in [0.4, 0.5) is 10.1 Å². The first-order valence-corrected chi connectivity index (χ1v) is 9.19. The summed E-state index contributed by atoms with van der Waals surface area (Å²) in [5.74, 6) is -0.589. The third-order valence-electron chi connectivity index (χ3n) is 3.06. The number of halogens is 1. The third-order valence-corrected chi connectivity index (χ3v) is 5.60. The van der Waals surface area contributed by atoms with Gasteiger partial charge in [0.1, 0.15) is 5.82 Å². The topological polar surface area (TPSA) is 37.4 Å². The Hall–Kier alpha value is -1.79. The third kappa shape index (κ3) is 3.34. The van der Waals surface area contributed by atoms with Crippen molar-refractivity contribution in [2.75, 3.05) is 17.1 Å². The summed E-state index contributed by atoms with van der Waals surface area (Å²) < 4.78 is 40.6. The fourth-order valence-corrected chi connectivity index (χ4v) is 3.82. The van der Waals surface area contributed by atoms with Gasteiger partial charge in [-0.15, -0.1) is 18.3 Å². The molecule has 0 unspecified atom stereocenters. The molecule has 3 nitrogen and oxygen atoms in total. The second-order valence-corrected chi connectivity index (χ2v) is 7.19. The molecule has 0 amide bonds. The smallest absolute Gasteiger partial charge is 0.260 e. The van der Waals surface area contributed by atoms with E-state index in [1.165, 1.54) is 48.2 Å². The molecule has 0 fully saturated rings. The highest BCUT2D eigenvalue weighted by molar-refractivity contribution is 7.98. The number of anilines is 1. The highest BCUT2D eigenvalue weighted by Crippen LogP contribution is 2.27. The van der Waals surface area contributed by atoms with E-state index in [4.69, 9.17) is 0 Å². The van der Waals surface area contributed by atoms with E-state index in [9.17, 15) is 12.8 Å². The van der Waals surface area contributed by atoms with Gasteiger partial charge in [-0.3, -0.25) is 4.31 Å². The lowest BCUT2D eigenvalue weighted by Crippen LogP contribution is -2.31. The molecule has 2 aromatic carbocycles. The number of nitrogens with zero attached hydrogens (tertiary/aromatic N) is 1. The van der Waals surface area contributed by atoms with Gasteiger partial charge in [0.25, 0.3) is 10.0 Å². The summed E-state index contributed by atoms with van der Waals surface area (Å²) in [4.78, 5) is 1.08. The maximum atomic E-state index is 14.0. The van der Waals surface area contributed by atoms with E-state index in [0.717, 1.165) is 9.20 Å². The number of hydrogen-bond acceptors (Lipinski definition) is 3. The van der Waals surface area contributed by atoms with Crippen LogP contribution in [-0.4, -0.2) is 21.2 Å². The minimum absolute atomic E-state index is 0.00640. The zero-order valence-electron chi connectivity index (χ0n) is 12.1. The van der Waals surface area contributed by atoms with Crippen molar-refractivity contribution in [3.63, 3.8) is 0 Å². The molecule has 116 valence electrons. The summed E-state index contributed by atoms with van der Waals surface area (Å²) in [6.07, 6.45) is 3.34. The average Bonchev–Trinajstić information content (AvgIpc) is 2.53. The SMILES string of the molecule is C=CCN(c1ccccc1F)S(=O)(=O)c1ccc(SC)cc1. The van der Waals surface area contributed by atoms with E-state index in [1.54, 1.807) is 18.2 Å². The van der Waals surface area contributed by atoms with Crippen LogP contribution < -0.4 is 4.31 Å². The van der Waals surface area contributed by atoms with Gasteiger partial charge < -0.3 is 0 Å². The molecule has 0 saturated carbocycles. The molecule has 6 heteroatoms. The molecule has 0 aliphatic carbocycles. The molecule has 0 atom stereocenters. The largest absolute Gasteiger partial charge is 0.264 e. The first kappa shape index (κ1) is 16.6. The number of rotatable bonds is 6. The van der Waals surface area contributed by atoms with Crippen LogP contribution in [0.25, 0.3) is 0 Å². The average molecular weight is 337 g/mol. The predicted molar refractivity (Wildman–Crippen MR) is 89.4 cm³/mol. The van der Waals surface area contributed by atoms with Gasteiger partial charge in [0, 0.05) is 4.90 Å². The Balaban J connectivity index is 2.50. The Morgan fingerprint density at radius 3 is 2.36 bits per heavy atom. The Kier molecular flexibility index (Phi) is 5.26.